The monoisotopic (exact) mass is 320 g/mol. The zero-order valence-corrected chi connectivity index (χ0v) is 12.7. The first-order chi connectivity index (χ1) is 9.94. The first-order valence-corrected chi connectivity index (χ1v) is 7.03. The van der Waals surface area contributed by atoms with Gasteiger partial charge < -0.3 is 5.11 Å². The van der Waals surface area contributed by atoms with E-state index in [4.69, 9.17) is 23.2 Å². The minimum Gasteiger partial charge on any atom is -0.503 e. The Morgan fingerprint density at radius 1 is 1.38 bits per heavy atom. The summed E-state index contributed by atoms with van der Waals surface area (Å²) in [6, 6.07) is 5.42. The zero-order chi connectivity index (χ0) is 15.2. The fourth-order valence-corrected chi connectivity index (χ4v) is 3.14. The molecular weight excluding hydrogens is 309 g/mol. The van der Waals surface area contributed by atoms with Crippen molar-refractivity contribution in [2.45, 2.75) is 0 Å². The van der Waals surface area contributed by atoms with Crippen LogP contribution in [0.3, 0.4) is 0 Å². The molecule has 21 heavy (non-hydrogen) atoms. The van der Waals surface area contributed by atoms with Gasteiger partial charge in [0.25, 0.3) is 0 Å². The Balaban J connectivity index is 2.12. The number of likely N-dealkylation sites (N-methyl/N-ethyl adjacent to an activating group) is 1. The van der Waals surface area contributed by atoms with Gasteiger partial charge in [0, 0.05) is 17.3 Å². The van der Waals surface area contributed by atoms with Crippen molar-refractivity contribution in [3.8, 4) is 6.19 Å². The van der Waals surface area contributed by atoms with Gasteiger partial charge in [-0.1, -0.05) is 35.3 Å². The van der Waals surface area contributed by atoms with Gasteiger partial charge in [-0.2, -0.15) is 5.26 Å². The number of benzene rings is 1. The lowest BCUT2D eigenvalue weighted by Crippen LogP contribution is -2.45. The molecule has 1 atom stereocenters. The fourth-order valence-electron chi connectivity index (χ4n) is 2.72. The second-order valence-electron chi connectivity index (χ2n) is 5.21. The van der Waals surface area contributed by atoms with E-state index < -0.39 is 0 Å². The normalized spacial score (nSPS) is 23.9. The molecule has 0 saturated heterocycles. The number of quaternary nitrogens is 1. The minimum atomic E-state index is 0.152. The lowest BCUT2D eigenvalue weighted by molar-refractivity contribution is -0.819. The van der Waals surface area contributed by atoms with Gasteiger partial charge in [-0.05, 0) is 6.07 Å². The number of nitrogens with zero attached hydrogens (tertiary/aromatic N) is 3. The molecule has 3 rings (SSSR count). The molecule has 0 radical (unpaired) electrons. The molecule has 0 aliphatic carbocycles. The Kier molecular flexibility index (Phi) is 3.22. The second-order valence-corrected chi connectivity index (χ2v) is 5.99. The van der Waals surface area contributed by atoms with Gasteiger partial charge in [0.2, 0.25) is 5.82 Å². The van der Waals surface area contributed by atoms with Crippen molar-refractivity contribution in [1.82, 2.24) is 4.90 Å². The van der Waals surface area contributed by atoms with Crippen LogP contribution in [0.4, 0.5) is 0 Å². The third-order valence-electron chi connectivity index (χ3n) is 3.65. The predicted molar refractivity (Wildman–Crippen MR) is 81.7 cm³/mol. The molecule has 1 N–H and O–H groups in total. The van der Waals surface area contributed by atoms with Crippen LogP contribution in [-0.4, -0.2) is 28.1 Å². The first kappa shape index (κ1) is 14.0. The molecule has 106 valence electrons. The molecule has 0 fully saturated rings. The average Bonchev–Trinajstić information content (AvgIpc) is 2.74. The van der Waals surface area contributed by atoms with E-state index >= 15 is 0 Å². The molecule has 0 aromatic heterocycles. The molecule has 2 aliphatic heterocycles. The fraction of sp³-hybridized carbons (Fsp3) is 0.133. The van der Waals surface area contributed by atoms with Crippen LogP contribution in [-0.2, 0) is 0 Å². The molecule has 0 bridgehead atoms. The number of aliphatic hydroxyl groups excluding tert-OH is 1. The Hall–Kier alpha value is -1.93. The van der Waals surface area contributed by atoms with Crippen molar-refractivity contribution in [1.29, 1.82) is 5.26 Å². The summed E-state index contributed by atoms with van der Waals surface area (Å²) < 4.78 is 0.314. The van der Waals surface area contributed by atoms with E-state index in [1.807, 2.05) is 19.2 Å². The third-order valence-corrected chi connectivity index (χ3v) is 4.47. The summed E-state index contributed by atoms with van der Waals surface area (Å²) in [5.41, 5.74) is 1.68. The maximum absolute atomic E-state index is 9.76. The van der Waals surface area contributed by atoms with E-state index in [1.165, 1.54) is 4.90 Å². The molecule has 1 aromatic rings. The number of fused-ring (bicyclic) bond motifs is 1. The van der Waals surface area contributed by atoms with Crippen LogP contribution >= 0.6 is 23.2 Å². The molecule has 6 heteroatoms. The molecule has 2 aliphatic rings. The topological polar surface area (TPSA) is 47.3 Å². The van der Waals surface area contributed by atoms with E-state index in [1.54, 1.807) is 24.5 Å². The Morgan fingerprint density at radius 3 is 2.86 bits per heavy atom. The smallest absolute Gasteiger partial charge is 0.230 e. The summed E-state index contributed by atoms with van der Waals surface area (Å²) in [6.07, 6.45) is 7.13. The van der Waals surface area contributed by atoms with Gasteiger partial charge >= 0.3 is 0 Å². The standard InChI is InChI=1S/C15H11Cl2N3O/c1-20-7-10(12-3-2-4-13(16)15(12)17)6-19(9-18)14(20)5-11(21)8-20/h2-6,8H,7H2,1H3/p+1. The molecule has 0 saturated carbocycles. The summed E-state index contributed by atoms with van der Waals surface area (Å²) in [5, 5.41) is 20.0. The van der Waals surface area contributed by atoms with Gasteiger partial charge in [-0.3, -0.25) is 0 Å². The number of nitriles is 1. The highest BCUT2D eigenvalue weighted by atomic mass is 35.5. The van der Waals surface area contributed by atoms with E-state index in [0.717, 1.165) is 11.1 Å². The van der Waals surface area contributed by atoms with Crippen LogP contribution in [0.1, 0.15) is 5.56 Å². The van der Waals surface area contributed by atoms with Crippen LogP contribution in [0.15, 0.2) is 48.3 Å². The van der Waals surface area contributed by atoms with Crippen molar-refractivity contribution in [2.75, 3.05) is 13.6 Å². The van der Waals surface area contributed by atoms with Crippen molar-refractivity contribution < 1.29 is 9.59 Å². The average molecular weight is 321 g/mol. The number of rotatable bonds is 1. The minimum absolute atomic E-state index is 0.152. The van der Waals surface area contributed by atoms with Crippen LogP contribution in [0.2, 0.25) is 10.0 Å². The Labute approximate surface area is 132 Å². The summed E-state index contributed by atoms with van der Waals surface area (Å²) in [4.78, 5) is 1.44. The predicted octanol–water partition coefficient (Wildman–Crippen LogP) is 3.83. The number of halogens is 2. The summed E-state index contributed by atoms with van der Waals surface area (Å²) in [7, 11) is 1.92. The first-order valence-electron chi connectivity index (χ1n) is 6.28. The van der Waals surface area contributed by atoms with Crippen molar-refractivity contribution >= 4 is 28.8 Å². The van der Waals surface area contributed by atoms with Crippen molar-refractivity contribution in [3.05, 3.63) is 63.9 Å². The third kappa shape index (κ3) is 2.20. The van der Waals surface area contributed by atoms with Crippen LogP contribution in [0.5, 0.6) is 0 Å². The highest BCUT2D eigenvalue weighted by Gasteiger charge is 2.41. The summed E-state index contributed by atoms with van der Waals surface area (Å²) in [5.74, 6) is 0.858. The maximum atomic E-state index is 9.76. The molecule has 1 aromatic carbocycles. The van der Waals surface area contributed by atoms with Gasteiger partial charge in [-0.25, -0.2) is 9.38 Å². The van der Waals surface area contributed by atoms with E-state index in [2.05, 4.69) is 6.19 Å². The summed E-state index contributed by atoms with van der Waals surface area (Å²) in [6.45, 7) is 0.578. The number of aliphatic hydroxyl groups is 1. The number of allylic oxidation sites excluding steroid dienone is 1. The van der Waals surface area contributed by atoms with E-state index in [-0.39, 0.29) is 5.76 Å². The molecule has 2 heterocycles. The van der Waals surface area contributed by atoms with Gasteiger partial charge in [0.15, 0.2) is 12.0 Å². The maximum Gasteiger partial charge on any atom is 0.230 e. The molecule has 1 unspecified atom stereocenters. The molecule has 0 spiro atoms. The van der Waals surface area contributed by atoms with Gasteiger partial charge in [-0.15, -0.1) is 0 Å². The number of hydrogen-bond acceptors (Lipinski definition) is 3. The van der Waals surface area contributed by atoms with E-state index in [0.29, 0.717) is 26.9 Å². The lowest BCUT2D eigenvalue weighted by Gasteiger charge is -2.36. The van der Waals surface area contributed by atoms with E-state index in [9.17, 15) is 10.4 Å². The van der Waals surface area contributed by atoms with Crippen molar-refractivity contribution in [2.24, 2.45) is 0 Å². The molecule has 4 nitrogen and oxygen atoms in total. The SMILES string of the molecule is C[N+]12C=C(O)C=C1N(C#N)C=C(c1cccc(Cl)c1Cl)C2. The lowest BCUT2D eigenvalue weighted by atomic mass is 10.0. The van der Waals surface area contributed by atoms with Crippen LogP contribution in [0, 0.1) is 11.5 Å². The Morgan fingerprint density at radius 2 is 2.14 bits per heavy atom. The molecular formula is C15H12Cl2N3O+. The molecule has 0 amide bonds. The van der Waals surface area contributed by atoms with Gasteiger partial charge in [0.05, 0.1) is 23.2 Å². The zero-order valence-electron chi connectivity index (χ0n) is 11.2. The van der Waals surface area contributed by atoms with Gasteiger partial charge in [0.1, 0.15) is 12.7 Å². The quantitative estimate of drug-likeness (QED) is 0.632. The highest BCUT2D eigenvalue weighted by Crippen LogP contribution is 2.39. The second kappa shape index (κ2) is 4.81. The highest BCUT2D eigenvalue weighted by molar-refractivity contribution is 6.43. The van der Waals surface area contributed by atoms with Crippen molar-refractivity contribution in [3.63, 3.8) is 0 Å². The van der Waals surface area contributed by atoms with Crippen LogP contribution < -0.4 is 0 Å². The largest absolute Gasteiger partial charge is 0.503 e. The Bertz CT molecular complexity index is 761. The van der Waals surface area contributed by atoms with Crippen LogP contribution in [0.25, 0.3) is 5.57 Å². The summed E-state index contributed by atoms with van der Waals surface area (Å²) >= 11 is 12.3. The number of hydrogen-bond donors (Lipinski definition) is 1.